The van der Waals surface area contributed by atoms with Crippen LogP contribution in [0.4, 0.5) is 0 Å². The molecule has 2 aromatic carbocycles. The van der Waals surface area contributed by atoms with Crippen molar-refractivity contribution in [1.29, 1.82) is 5.41 Å². The third-order valence-corrected chi connectivity index (χ3v) is 4.88. The lowest BCUT2D eigenvalue weighted by Crippen LogP contribution is -2.40. The number of likely N-dealkylation sites (tertiary alicyclic amines) is 1. The van der Waals surface area contributed by atoms with Crippen LogP contribution in [0.1, 0.15) is 24.0 Å². The van der Waals surface area contributed by atoms with E-state index in [1.165, 1.54) is 11.1 Å². The molecule has 4 nitrogen and oxygen atoms in total. The number of nitrogens with one attached hydrogen (secondary N) is 1. The van der Waals surface area contributed by atoms with Gasteiger partial charge in [-0.3, -0.25) is 10.3 Å². The Morgan fingerprint density at radius 1 is 1.00 bits per heavy atom. The lowest BCUT2D eigenvalue weighted by molar-refractivity contribution is 0.171. The van der Waals surface area contributed by atoms with Crippen LogP contribution in [-0.2, 0) is 6.42 Å². The molecule has 0 spiro atoms. The predicted octanol–water partition coefficient (Wildman–Crippen LogP) is 3.30. The summed E-state index contributed by atoms with van der Waals surface area (Å²) < 4.78 is 5.88. The zero-order chi connectivity index (χ0) is 17.5. The number of amidine groups is 1. The maximum atomic E-state index is 7.53. The molecule has 0 amide bonds. The van der Waals surface area contributed by atoms with Gasteiger partial charge in [0, 0.05) is 12.5 Å². The number of benzene rings is 2. The summed E-state index contributed by atoms with van der Waals surface area (Å²) >= 11 is 0. The molecule has 1 fully saturated rings. The quantitative estimate of drug-likeness (QED) is 0.602. The van der Waals surface area contributed by atoms with Gasteiger partial charge in [0.05, 0.1) is 5.84 Å². The van der Waals surface area contributed by atoms with Crippen LogP contribution in [0.3, 0.4) is 0 Å². The third-order valence-electron chi connectivity index (χ3n) is 4.88. The maximum Gasteiger partial charge on any atom is 0.119 e. The molecule has 3 rings (SSSR count). The van der Waals surface area contributed by atoms with Crippen LogP contribution in [0.25, 0.3) is 0 Å². The molecule has 2 aromatic rings. The van der Waals surface area contributed by atoms with E-state index in [0.717, 1.165) is 44.6 Å². The van der Waals surface area contributed by atoms with E-state index in [-0.39, 0.29) is 5.92 Å². The smallest absolute Gasteiger partial charge is 0.119 e. The van der Waals surface area contributed by atoms with E-state index in [1.54, 1.807) is 0 Å². The van der Waals surface area contributed by atoms with Gasteiger partial charge in [-0.15, -0.1) is 0 Å². The molecule has 132 valence electrons. The largest absolute Gasteiger partial charge is 0.492 e. The van der Waals surface area contributed by atoms with Gasteiger partial charge in [0.2, 0.25) is 0 Å². The summed E-state index contributed by atoms with van der Waals surface area (Å²) in [4.78, 5) is 2.39. The SMILES string of the molecule is N=C(N)C1CCN(CCOc2ccc(Cc3ccccc3)cc2)CC1. The minimum Gasteiger partial charge on any atom is -0.492 e. The first-order valence-electron chi connectivity index (χ1n) is 9.02. The Morgan fingerprint density at radius 2 is 1.64 bits per heavy atom. The van der Waals surface area contributed by atoms with Crippen molar-refractivity contribution < 1.29 is 4.74 Å². The van der Waals surface area contributed by atoms with E-state index < -0.39 is 0 Å². The molecular weight excluding hydrogens is 310 g/mol. The zero-order valence-corrected chi connectivity index (χ0v) is 14.7. The van der Waals surface area contributed by atoms with Gasteiger partial charge in [0.1, 0.15) is 12.4 Å². The fraction of sp³-hybridized carbons (Fsp3) is 0.381. The third kappa shape index (κ3) is 5.33. The molecular formula is C21H27N3O. The van der Waals surface area contributed by atoms with E-state index in [4.69, 9.17) is 15.9 Å². The lowest BCUT2D eigenvalue weighted by atomic mass is 9.96. The summed E-state index contributed by atoms with van der Waals surface area (Å²) in [6.45, 7) is 3.63. The van der Waals surface area contributed by atoms with Crippen molar-refractivity contribution in [2.75, 3.05) is 26.2 Å². The first kappa shape index (κ1) is 17.5. The van der Waals surface area contributed by atoms with Crippen molar-refractivity contribution in [3.8, 4) is 5.75 Å². The summed E-state index contributed by atoms with van der Waals surface area (Å²) in [6, 6.07) is 18.9. The number of piperidine rings is 1. The fourth-order valence-electron chi connectivity index (χ4n) is 3.30. The molecule has 0 bridgehead atoms. The topological polar surface area (TPSA) is 62.3 Å². The van der Waals surface area contributed by atoms with Crippen LogP contribution in [-0.4, -0.2) is 37.0 Å². The van der Waals surface area contributed by atoms with E-state index in [9.17, 15) is 0 Å². The van der Waals surface area contributed by atoms with Crippen LogP contribution in [0, 0.1) is 11.3 Å². The second kappa shape index (κ2) is 8.67. The molecule has 0 aliphatic carbocycles. The van der Waals surface area contributed by atoms with Crippen molar-refractivity contribution in [2.24, 2.45) is 11.7 Å². The van der Waals surface area contributed by atoms with Crippen molar-refractivity contribution in [2.45, 2.75) is 19.3 Å². The number of nitrogens with zero attached hydrogens (tertiary/aromatic N) is 1. The highest BCUT2D eigenvalue weighted by Gasteiger charge is 2.20. The molecule has 0 radical (unpaired) electrons. The monoisotopic (exact) mass is 337 g/mol. The van der Waals surface area contributed by atoms with E-state index >= 15 is 0 Å². The highest BCUT2D eigenvalue weighted by atomic mass is 16.5. The van der Waals surface area contributed by atoms with E-state index in [1.807, 2.05) is 6.07 Å². The Labute approximate surface area is 150 Å². The molecule has 1 aliphatic heterocycles. The van der Waals surface area contributed by atoms with Crippen LogP contribution in [0.15, 0.2) is 54.6 Å². The molecule has 1 heterocycles. The van der Waals surface area contributed by atoms with Gasteiger partial charge < -0.3 is 10.5 Å². The van der Waals surface area contributed by atoms with Crippen LogP contribution in [0.5, 0.6) is 5.75 Å². The lowest BCUT2D eigenvalue weighted by Gasteiger charge is -2.31. The number of hydrogen-bond donors (Lipinski definition) is 2. The van der Waals surface area contributed by atoms with Crippen LogP contribution < -0.4 is 10.5 Å². The second-order valence-corrected chi connectivity index (χ2v) is 6.73. The summed E-state index contributed by atoms with van der Waals surface area (Å²) in [6.07, 6.45) is 2.93. The highest BCUT2D eigenvalue weighted by molar-refractivity contribution is 5.79. The van der Waals surface area contributed by atoms with Crippen molar-refractivity contribution in [1.82, 2.24) is 4.90 Å². The van der Waals surface area contributed by atoms with Crippen LogP contribution in [0.2, 0.25) is 0 Å². The maximum absolute atomic E-state index is 7.53. The molecule has 0 unspecified atom stereocenters. The van der Waals surface area contributed by atoms with Gasteiger partial charge in [0.15, 0.2) is 0 Å². The molecule has 1 saturated heterocycles. The first-order chi connectivity index (χ1) is 12.2. The van der Waals surface area contributed by atoms with Gasteiger partial charge in [-0.2, -0.15) is 0 Å². The van der Waals surface area contributed by atoms with Gasteiger partial charge in [-0.25, -0.2) is 0 Å². The van der Waals surface area contributed by atoms with Crippen molar-refractivity contribution in [3.63, 3.8) is 0 Å². The average molecular weight is 337 g/mol. The Bertz CT molecular complexity index is 661. The van der Waals surface area contributed by atoms with Crippen LogP contribution >= 0.6 is 0 Å². The summed E-state index contributed by atoms with van der Waals surface area (Å²) in [7, 11) is 0. The minimum absolute atomic E-state index is 0.273. The number of rotatable bonds is 7. The normalized spacial score (nSPS) is 15.8. The standard InChI is InChI=1S/C21H27N3O/c22-21(23)19-10-12-24(13-11-19)14-15-25-20-8-6-18(7-9-20)16-17-4-2-1-3-5-17/h1-9,19H,10-16H2,(H3,22,23). The zero-order valence-electron chi connectivity index (χ0n) is 14.7. The molecule has 0 saturated carbocycles. The van der Waals surface area contributed by atoms with E-state index in [0.29, 0.717) is 12.4 Å². The summed E-state index contributed by atoms with van der Waals surface area (Å²) in [5.41, 5.74) is 8.21. The van der Waals surface area contributed by atoms with Crippen molar-refractivity contribution >= 4 is 5.84 Å². The Morgan fingerprint density at radius 3 is 2.28 bits per heavy atom. The summed E-state index contributed by atoms with van der Waals surface area (Å²) in [5.74, 6) is 1.54. The van der Waals surface area contributed by atoms with E-state index in [2.05, 4.69) is 53.4 Å². The fourth-order valence-corrected chi connectivity index (χ4v) is 3.30. The highest BCUT2D eigenvalue weighted by Crippen LogP contribution is 2.18. The van der Waals surface area contributed by atoms with Gasteiger partial charge in [-0.1, -0.05) is 42.5 Å². The number of ether oxygens (including phenoxy) is 1. The number of nitrogens with two attached hydrogens (primary N) is 1. The predicted molar refractivity (Wildman–Crippen MR) is 102 cm³/mol. The molecule has 3 N–H and O–H groups in total. The van der Waals surface area contributed by atoms with Crippen molar-refractivity contribution in [3.05, 3.63) is 65.7 Å². The van der Waals surface area contributed by atoms with Gasteiger partial charge in [0.25, 0.3) is 0 Å². The molecule has 0 aromatic heterocycles. The Hall–Kier alpha value is -2.33. The average Bonchev–Trinajstić information content (AvgIpc) is 2.64. The van der Waals surface area contributed by atoms with Gasteiger partial charge >= 0.3 is 0 Å². The van der Waals surface area contributed by atoms with Gasteiger partial charge in [-0.05, 0) is 55.6 Å². The number of hydrogen-bond acceptors (Lipinski definition) is 3. The minimum atomic E-state index is 0.273. The molecule has 1 aliphatic rings. The second-order valence-electron chi connectivity index (χ2n) is 6.73. The molecule has 4 heteroatoms. The molecule has 0 atom stereocenters. The first-order valence-corrected chi connectivity index (χ1v) is 9.02. The summed E-state index contributed by atoms with van der Waals surface area (Å²) in [5, 5.41) is 7.53. The Kier molecular flexibility index (Phi) is 6.07. The Balaban J connectivity index is 1.40. The molecule has 25 heavy (non-hydrogen) atoms.